The number of aryl methyl sites for hydroxylation is 1. The first-order valence-electron chi connectivity index (χ1n) is 9.19. The predicted octanol–water partition coefficient (Wildman–Crippen LogP) is 1.87. The molecule has 3 N–H and O–H groups in total. The molecule has 0 fully saturated rings. The molecule has 2 heterocycles. The summed E-state index contributed by atoms with van der Waals surface area (Å²) in [6.45, 7) is 3.93. The number of carbonyl (C=O) groups excluding carboxylic acids is 2. The molecule has 10 heteroatoms. The Kier molecular flexibility index (Phi) is 6.22. The number of nitrogens with one attached hydrogen (secondary N) is 2. The van der Waals surface area contributed by atoms with Crippen molar-refractivity contribution in [3.05, 3.63) is 53.9 Å². The molecule has 2 amide bonds. The van der Waals surface area contributed by atoms with Gasteiger partial charge in [-0.05, 0) is 18.6 Å². The van der Waals surface area contributed by atoms with Gasteiger partial charge in [-0.3, -0.25) is 20.4 Å². The predicted molar refractivity (Wildman–Crippen MR) is 102 cm³/mol. The van der Waals surface area contributed by atoms with Gasteiger partial charge >= 0.3 is 0 Å². The molecule has 3 aromatic rings. The second-order valence-corrected chi connectivity index (χ2v) is 6.70. The lowest BCUT2D eigenvalue weighted by Gasteiger charge is -2.05. The zero-order valence-corrected chi connectivity index (χ0v) is 16.1. The fourth-order valence-electron chi connectivity index (χ4n) is 2.49. The lowest BCUT2D eigenvalue weighted by atomic mass is 10.2. The van der Waals surface area contributed by atoms with Crippen LogP contribution in [0.5, 0.6) is 5.75 Å². The third kappa shape index (κ3) is 5.18. The number of para-hydroxylation sites is 1. The summed E-state index contributed by atoms with van der Waals surface area (Å²) in [5.74, 6) is -0.118. The summed E-state index contributed by atoms with van der Waals surface area (Å²) < 4.78 is 6.49. The number of hydrogen-bond donors (Lipinski definition) is 3. The highest BCUT2D eigenvalue weighted by Gasteiger charge is 2.18. The molecule has 152 valence electrons. The number of aromatic hydroxyl groups is 1. The van der Waals surface area contributed by atoms with Crippen LogP contribution in [0.2, 0.25) is 0 Å². The number of hydrazine groups is 1. The average molecular weight is 398 g/mol. The Morgan fingerprint density at radius 3 is 2.66 bits per heavy atom. The van der Waals surface area contributed by atoms with E-state index in [1.165, 1.54) is 10.9 Å². The summed E-state index contributed by atoms with van der Waals surface area (Å²) in [5, 5.41) is 17.9. The molecule has 0 atom stereocenters. The van der Waals surface area contributed by atoms with Gasteiger partial charge in [0.2, 0.25) is 11.8 Å². The van der Waals surface area contributed by atoms with Gasteiger partial charge in [0.25, 0.3) is 5.91 Å². The van der Waals surface area contributed by atoms with E-state index >= 15 is 0 Å². The highest BCUT2D eigenvalue weighted by Crippen LogP contribution is 2.17. The molecule has 0 saturated heterocycles. The second-order valence-electron chi connectivity index (χ2n) is 6.70. The van der Waals surface area contributed by atoms with Crippen LogP contribution in [-0.4, -0.2) is 36.8 Å². The maximum Gasteiger partial charge on any atom is 0.294 e. The van der Waals surface area contributed by atoms with Gasteiger partial charge in [-0.15, -0.1) is 0 Å². The van der Waals surface area contributed by atoms with Crippen molar-refractivity contribution in [2.24, 2.45) is 0 Å². The van der Waals surface area contributed by atoms with E-state index in [1.54, 1.807) is 12.1 Å². The summed E-state index contributed by atoms with van der Waals surface area (Å²) in [7, 11) is 0. The van der Waals surface area contributed by atoms with E-state index in [0.717, 1.165) is 0 Å². The Morgan fingerprint density at radius 2 is 1.97 bits per heavy atom. The van der Waals surface area contributed by atoms with Crippen LogP contribution >= 0.6 is 0 Å². The quantitative estimate of drug-likeness (QED) is 0.517. The molecule has 2 aromatic heterocycles. The topological polar surface area (TPSA) is 135 Å². The minimum Gasteiger partial charge on any atom is -0.504 e. The standard InChI is InChI=1S/C19H22N6O4/c1-12(2)18-20-16(29-24-18)10-6-9-15(27)21-22-19(28)17-14(26)11-25(23-17)13-7-4-3-5-8-13/h3-5,7-8,11-12,26H,6,9-10H2,1-2H3,(H,21,27)(H,22,28). The van der Waals surface area contributed by atoms with E-state index in [0.29, 0.717) is 30.2 Å². The fraction of sp³-hybridized carbons (Fsp3) is 0.316. The van der Waals surface area contributed by atoms with Crippen LogP contribution < -0.4 is 10.9 Å². The number of aromatic nitrogens is 4. The molecule has 0 aliphatic rings. The number of amides is 2. The molecule has 0 spiro atoms. The normalized spacial score (nSPS) is 10.9. The first kappa shape index (κ1) is 20.1. The molecule has 0 bridgehead atoms. The van der Waals surface area contributed by atoms with Crippen molar-refractivity contribution in [3.8, 4) is 11.4 Å². The molecule has 0 saturated carbocycles. The van der Waals surface area contributed by atoms with Crippen molar-refractivity contribution in [1.29, 1.82) is 0 Å². The smallest absolute Gasteiger partial charge is 0.294 e. The van der Waals surface area contributed by atoms with Gasteiger partial charge in [0.05, 0.1) is 11.9 Å². The second kappa shape index (κ2) is 9.00. The van der Waals surface area contributed by atoms with Gasteiger partial charge in [-0.25, -0.2) is 4.68 Å². The molecule has 10 nitrogen and oxygen atoms in total. The van der Waals surface area contributed by atoms with Crippen LogP contribution in [0.1, 0.15) is 54.8 Å². The van der Waals surface area contributed by atoms with Gasteiger partial charge in [0, 0.05) is 18.8 Å². The summed E-state index contributed by atoms with van der Waals surface area (Å²) in [4.78, 5) is 28.3. The molecule has 3 rings (SSSR count). The fourth-order valence-corrected chi connectivity index (χ4v) is 2.49. The highest BCUT2D eigenvalue weighted by atomic mass is 16.5. The number of carbonyl (C=O) groups is 2. The van der Waals surface area contributed by atoms with E-state index < -0.39 is 5.91 Å². The van der Waals surface area contributed by atoms with Crippen molar-refractivity contribution >= 4 is 11.8 Å². The van der Waals surface area contributed by atoms with Gasteiger partial charge in [0.1, 0.15) is 0 Å². The molecule has 1 aromatic carbocycles. The zero-order valence-electron chi connectivity index (χ0n) is 16.1. The molecular weight excluding hydrogens is 376 g/mol. The van der Waals surface area contributed by atoms with E-state index in [-0.39, 0.29) is 29.7 Å². The Labute approximate surface area is 166 Å². The van der Waals surface area contributed by atoms with Gasteiger partial charge in [0.15, 0.2) is 17.3 Å². The third-order valence-electron chi connectivity index (χ3n) is 4.04. The number of rotatable bonds is 7. The molecule has 0 aliphatic heterocycles. The van der Waals surface area contributed by atoms with Crippen molar-refractivity contribution in [3.63, 3.8) is 0 Å². The van der Waals surface area contributed by atoms with Crippen LogP contribution in [0.3, 0.4) is 0 Å². The molecule has 0 aliphatic carbocycles. The Bertz CT molecular complexity index is 980. The summed E-state index contributed by atoms with van der Waals surface area (Å²) in [5.41, 5.74) is 5.04. The molecule has 0 unspecified atom stereocenters. The van der Waals surface area contributed by atoms with Crippen molar-refractivity contribution < 1.29 is 19.2 Å². The largest absolute Gasteiger partial charge is 0.504 e. The minimum absolute atomic E-state index is 0.157. The summed E-state index contributed by atoms with van der Waals surface area (Å²) >= 11 is 0. The monoisotopic (exact) mass is 398 g/mol. The minimum atomic E-state index is -0.719. The van der Waals surface area contributed by atoms with Crippen molar-refractivity contribution in [2.45, 2.75) is 39.0 Å². The molecule has 29 heavy (non-hydrogen) atoms. The van der Waals surface area contributed by atoms with Gasteiger partial charge < -0.3 is 9.63 Å². The number of benzene rings is 1. The van der Waals surface area contributed by atoms with Crippen LogP contribution in [-0.2, 0) is 11.2 Å². The van der Waals surface area contributed by atoms with Crippen molar-refractivity contribution in [2.75, 3.05) is 0 Å². The Morgan fingerprint density at radius 1 is 1.21 bits per heavy atom. The van der Waals surface area contributed by atoms with E-state index in [4.69, 9.17) is 4.52 Å². The van der Waals surface area contributed by atoms with Crippen LogP contribution in [0, 0.1) is 0 Å². The van der Waals surface area contributed by atoms with E-state index in [2.05, 4.69) is 26.1 Å². The highest BCUT2D eigenvalue weighted by molar-refractivity contribution is 5.95. The summed E-state index contributed by atoms with van der Waals surface area (Å²) in [6, 6.07) is 9.03. The first-order valence-corrected chi connectivity index (χ1v) is 9.19. The lowest BCUT2D eigenvalue weighted by molar-refractivity contribution is -0.121. The van der Waals surface area contributed by atoms with Crippen molar-refractivity contribution in [1.82, 2.24) is 30.8 Å². The van der Waals surface area contributed by atoms with E-state index in [1.807, 2.05) is 32.0 Å². The zero-order chi connectivity index (χ0) is 20.8. The third-order valence-corrected chi connectivity index (χ3v) is 4.04. The first-order chi connectivity index (χ1) is 13.9. The number of nitrogens with zero attached hydrogens (tertiary/aromatic N) is 4. The molecule has 0 radical (unpaired) electrons. The van der Waals surface area contributed by atoms with Gasteiger partial charge in [-0.2, -0.15) is 10.1 Å². The maximum atomic E-state index is 12.2. The number of hydrogen-bond acceptors (Lipinski definition) is 7. The van der Waals surface area contributed by atoms with Crippen LogP contribution in [0.25, 0.3) is 5.69 Å². The van der Waals surface area contributed by atoms with Crippen LogP contribution in [0.15, 0.2) is 41.1 Å². The summed E-state index contributed by atoms with van der Waals surface area (Å²) in [6.07, 6.45) is 2.42. The lowest BCUT2D eigenvalue weighted by Crippen LogP contribution is -2.41. The van der Waals surface area contributed by atoms with Crippen LogP contribution in [0.4, 0.5) is 0 Å². The Hall–Kier alpha value is -3.69. The van der Waals surface area contributed by atoms with Gasteiger partial charge in [-0.1, -0.05) is 37.2 Å². The maximum absolute atomic E-state index is 12.2. The average Bonchev–Trinajstić information content (AvgIpc) is 3.34. The Balaban J connectivity index is 1.46. The molecular formula is C19H22N6O4. The SMILES string of the molecule is CC(C)c1noc(CCCC(=O)NNC(=O)c2nn(-c3ccccc3)cc2O)n1. The van der Waals surface area contributed by atoms with E-state index in [9.17, 15) is 14.7 Å².